The van der Waals surface area contributed by atoms with E-state index in [1.165, 1.54) is 11.1 Å². The zero-order chi connectivity index (χ0) is 15.4. The van der Waals surface area contributed by atoms with Crippen molar-refractivity contribution in [3.63, 3.8) is 0 Å². The van der Waals surface area contributed by atoms with Crippen molar-refractivity contribution >= 4 is 17.3 Å². The Bertz CT molecular complexity index is 600. The third kappa shape index (κ3) is 4.74. The molecule has 0 aliphatic carbocycles. The molecule has 1 heterocycles. The standard InChI is InChI=1S/C17H24N4/c1-11(2)10-18-16-9-17(20-14(5)19-16)21-15-7-12(3)6-13(4)8-15/h6-9,11H,10H2,1-5H3,(H2,18,19,20,21). The van der Waals surface area contributed by atoms with Crippen LogP contribution in [0.15, 0.2) is 24.3 Å². The Morgan fingerprint density at radius 2 is 1.52 bits per heavy atom. The highest BCUT2D eigenvalue weighted by Gasteiger charge is 2.04. The van der Waals surface area contributed by atoms with Gasteiger partial charge < -0.3 is 10.6 Å². The second-order valence-corrected chi connectivity index (χ2v) is 5.96. The summed E-state index contributed by atoms with van der Waals surface area (Å²) in [5, 5.41) is 6.71. The maximum absolute atomic E-state index is 4.45. The normalized spacial score (nSPS) is 10.8. The van der Waals surface area contributed by atoms with E-state index in [0.29, 0.717) is 5.92 Å². The van der Waals surface area contributed by atoms with Crippen LogP contribution in [0.1, 0.15) is 30.8 Å². The van der Waals surface area contributed by atoms with Crippen molar-refractivity contribution in [2.75, 3.05) is 17.2 Å². The van der Waals surface area contributed by atoms with Crippen LogP contribution in [0.25, 0.3) is 0 Å². The van der Waals surface area contributed by atoms with Gasteiger partial charge in [0, 0.05) is 18.3 Å². The largest absolute Gasteiger partial charge is 0.370 e. The average Bonchev–Trinajstić information content (AvgIpc) is 2.34. The third-order valence-corrected chi connectivity index (χ3v) is 3.02. The SMILES string of the molecule is Cc1cc(C)cc(Nc2cc(NCC(C)C)nc(C)n2)c1. The average molecular weight is 284 g/mol. The summed E-state index contributed by atoms with van der Waals surface area (Å²) in [5.74, 6) is 3.02. The van der Waals surface area contributed by atoms with Crippen molar-refractivity contribution in [3.8, 4) is 0 Å². The molecule has 1 aromatic heterocycles. The summed E-state index contributed by atoms with van der Waals surface area (Å²) in [7, 11) is 0. The fraction of sp³-hybridized carbons (Fsp3) is 0.412. The van der Waals surface area contributed by atoms with E-state index in [0.717, 1.165) is 29.7 Å². The molecule has 0 aliphatic rings. The summed E-state index contributed by atoms with van der Waals surface area (Å²) < 4.78 is 0. The topological polar surface area (TPSA) is 49.8 Å². The van der Waals surface area contributed by atoms with Crippen molar-refractivity contribution in [2.45, 2.75) is 34.6 Å². The van der Waals surface area contributed by atoms with E-state index in [9.17, 15) is 0 Å². The highest BCUT2D eigenvalue weighted by atomic mass is 15.1. The number of aryl methyl sites for hydroxylation is 3. The summed E-state index contributed by atoms with van der Waals surface area (Å²) in [6.45, 7) is 11.4. The number of nitrogens with one attached hydrogen (secondary N) is 2. The van der Waals surface area contributed by atoms with Crippen LogP contribution in [0, 0.1) is 26.7 Å². The van der Waals surface area contributed by atoms with E-state index in [2.05, 4.69) is 66.5 Å². The van der Waals surface area contributed by atoms with E-state index < -0.39 is 0 Å². The summed E-state index contributed by atoms with van der Waals surface area (Å²) in [6.07, 6.45) is 0. The van der Waals surface area contributed by atoms with E-state index in [1.54, 1.807) is 0 Å². The predicted octanol–water partition coefficient (Wildman–Crippen LogP) is 4.21. The van der Waals surface area contributed by atoms with Crippen LogP contribution < -0.4 is 10.6 Å². The zero-order valence-electron chi connectivity index (χ0n) is 13.5. The number of anilines is 3. The van der Waals surface area contributed by atoms with Gasteiger partial charge in [-0.1, -0.05) is 19.9 Å². The van der Waals surface area contributed by atoms with Crippen molar-refractivity contribution in [1.82, 2.24) is 9.97 Å². The number of hydrogen-bond acceptors (Lipinski definition) is 4. The lowest BCUT2D eigenvalue weighted by Crippen LogP contribution is -2.10. The smallest absolute Gasteiger partial charge is 0.136 e. The predicted molar refractivity (Wildman–Crippen MR) is 89.3 cm³/mol. The maximum atomic E-state index is 4.45. The minimum Gasteiger partial charge on any atom is -0.370 e. The van der Waals surface area contributed by atoms with Crippen LogP contribution in [0.3, 0.4) is 0 Å². The van der Waals surface area contributed by atoms with Gasteiger partial charge in [-0.25, -0.2) is 9.97 Å². The fourth-order valence-corrected chi connectivity index (χ4v) is 2.23. The Labute approximate surface area is 127 Å². The molecule has 2 rings (SSSR count). The Balaban J connectivity index is 2.19. The number of benzene rings is 1. The van der Waals surface area contributed by atoms with Gasteiger partial charge in [-0.2, -0.15) is 0 Å². The number of aromatic nitrogens is 2. The van der Waals surface area contributed by atoms with Crippen LogP contribution in [-0.2, 0) is 0 Å². The first-order chi connectivity index (χ1) is 9.92. The van der Waals surface area contributed by atoms with E-state index in [-0.39, 0.29) is 0 Å². The summed E-state index contributed by atoms with van der Waals surface area (Å²) >= 11 is 0. The van der Waals surface area contributed by atoms with Crippen LogP contribution in [-0.4, -0.2) is 16.5 Å². The summed E-state index contributed by atoms with van der Waals surface area (Å²) in [6, 6.07) is 8.34. The van der Waals surface area contributed by atoms with E-state index in [4.69, 9.17) is 0 Å². The minimum absolute atomic E-state index is 0.580. The molecule has 0 aliphatic heterocycles. The van der Waals surface area contributed by atoms with Gasteiger partial charge in [0.15, 0.2) is 0 Å². The highest BCUT2D eigenvalue weighted by Crippen LogP contribution is 2.20. The van der Waals surface area contributed by atoms with Gasteiger partial charge in [-0.3, -0.25) is 0 Å². The Hall–Kier alpha value is -2.10. The molecule has 4 nitrogen and oxygen atoms in total. The monoisotopic (exact) mass is 284 g/mol. The maximum Gasteiger partial charge on any atom is 0.136 e. The Morgan fingerprint density at radius 1 is 0.905 bits per heavy atom. The molecule has 4 heteroatoms. The highest BCUT2D eigenvalue weighted by molar-refractivity contribution is 5.60. The molecule has 1 aromatic carbocycles. The molecule has 0 saturated heterocycles. The number of rotatable bonds is 5. The Kier molecular flexibility index (Phi) is 4.78. The molecule has 0 bridgehead atoms. The summed E-state index contributed by atoms with van der Waals surface area (Å²) in [5.41, 5.74) is 3.53. The molecule has 2 N–H and O–H groups in total. The number of nitrogens with zero attached hydrogens (tertiary/aromatic N) is 2. The van der Waals surface area contributed by atoms with Gasteiger partial charge in [-0.05, 0) is 49.9 Å². The molecule has 0 fully saturated rings. The zero-order valence-corrected chi connectivity index (χ0v) is 13.5. The van der Waals surface area contributed by atoms with Crippen molar-refractivity contribution < 1.29 is 0 Å². The van der Waals surface area contributed by atoms with Crippen LogP contribution in [0.5, 0.6) is 0 Å². The Morgan fingerprint density at radius 3 is 2.14 bits per heavy atom. The minimum atomic E-state index is 0.580. The first-order valence-corrected chi connectivity index (χ1v) is 7.37. The van der Waals surface area contributed by atoms with Crippen molar-refractivity contribution in [1.29, 1.82) is 0 Å². The van der Waals surface area contributed by atoms with Gasteiger partial charge in [0.2, 0.25) is 0 Å². The lowest BCUT2D eigenvalue weighted by Gasteiger charge is -2.12. The number of hydrogen-bond donors (Lipinski definition) is 2. The molecule has 0 spiro atoms. The first kappa shape index (κ1) is 15.3. The second kappa shape index (κ2) is 6.57. The van der Waals surface area contributed by atoms with E-state index >= 15 is 0 Å². The van der Waals surface area contributed by atoms with Crippen LogP contribution in [0.4, 0.5) is 17.3 Å². The third-order valence-electron chi connectivity index (χ3n) is 3.02. The molecular formula is C17H24N4. The van der Waals surface area contributed by atoms with Gasteiger partial charge in [0.25, 0.3) is 0 Å². The molecule has 0 amide bonds. The van der Waals surface area contributed by atoms with Crippen molar-refractivity contribution in [3.05, 3.63) is 41.2 Å². The molecule has 0 radical (unpaired) electrons. The second-order valence-electron chi connectivity index (χ2n) is 5.96. The lowest BCUT2D eigenvalue weighted by atomic mass is 10.1. The van der Waals surface area contributed by atoms with Crippen LogP contribution >= 0.6 is 0 Å². The van der Waals surface area contributed by atoms with Gasteiger partial charge in [0.05, 0.1) is 0 Å². The molecule has 0 unspecified atom stereocenters. The summed E-state index contributed by atoms with van der Waals surface area (Å²) in [4.78, 5) is 8.87. The molecule has 21 heavy (non-hydrogen) atoms. The van der Waals surface area contributed by atoms with Gasteiger partial charge in [-0.15, -0.1) is 0 Å². The quantitative estimate of drug-likeness (QED) is 0.863. The van der Waals surface area contributed by atoms with E-state index in [1.807, 2.05) is 13.0 Å². The van der Waals surface area contributed by atoms with Gasteiger partial charge in [0.1, 0.15) is 17.5 Å². The lowest BCUT2D eigenvalue weighted by molar-refractivity contribution is 0.686. The molecule has 0 saturated carbocycles. The van der Waals surface area contributed by atoms with Gasteiger partial charge >= 0.3 is 0 Å². The molecular weight excluding hydrogens is 260 g/mol. The van der Waals surface area contributed by atoms with Crippen molar-refractivity contribution in [2.24, 2.45) is 5.92 Å². The van der Waals surface area contributed by atoms with Crippen LogP contribution in [0.2, 0.25) is 0 Å². The first-order valence-electron chi connectivity index (χ1n) is 7.37. The molecule has 112 valence electrons. The fourth-order valence-electron chi connectivity index (χ4n) is 2.23. The molecule has 2 aromatic rings. The molecule has 0 atom stereocenters.